The number of nitrogens with two attached hydrogens (primary N) is 1. The maximum absolute atomic E-state index is 11.8. The molecule has 3 heteroatoms. The fourth-order valence-electron chi connectivity index (χ4n) is 1.89. The Hall–Kier alpha value is -1.35. The molecule has 0 aliphatic carbocycles. The van der Waals surface area contributed by atoms with Gasteiger partial charge in [0, 0.05) is 19.2 Å². The third kappa shape index (κ3) is 4.49. The Bertz CT molecular complexity index is 371. The van der Waals surface area contributed by atoms with Crippen LogP contribution in [-0.4, -0.2) is 19.5 Å². The molecule has 0 aliphatic heterocycles. The van der Waals surface area contributed by atoms with Crippen molar-refractivity contribution in [2.24, 2.45) is 11.7 Å². The van der Waals surface area contributed by atoms with E-state index in [2.05, 4.69) is 26.0 Å². The Morgan fingerprint density at radius 3 is 2.39 bits per heavy atom. The molecular weight excluding hydrogens is 224 g/mol. The quantitative estimate of drug-likeness (QED) is 0.841. The minimum absolute atomic E-state index is 0.122. The van der Waals surface area contributed by atoms with Gasteiger partial charge in [0.1, 0.15) is 0 Å². The van der Waals surface area contributed by atoms with Gasteiger partial charge >= 0.3 is 0 Å². The lowest BCUT2D eigenvalue weighted by molar-refractivity contribution is -0.118. The van der Waals surface area contributed by atoms with Crippen molar-refractivity contribution < 1.29 is 4.79 Å². The van der Waals surface area contributed by atoms with Crippen LogP contribution in [0.4, 0.5) is 5.69 Å². The van der Waals surface area contributed by atoms with Crippen LogP contribution in [0.25, 0.3) is 0 Å². The minimum Gasteiger partial charge on any atom is -0.330 e. The Kier molecular flexibility index (Phi) is 5.86. The first-order chi connectivity index (χ1) is 8.54. The number of benzene rings is 1. The molecule has 0 spiro atoms. The Balaban J connectivity index is 2.63. The topological polar surface area (TPSA) is 46.3 Å². The maximum Gasteiger partial charge on any atom is 0.226 e. The van der Waals surface area contributed by atoms with Crippen LogP contribution in [0, 0.1) is 5.92 Å². The van der Waals surface area contributed by atoms with Gasteiger partial charge in [-0.05, 0) is 43.0 Å². The number of hydrogen-bond donors (Lipinski definition) is 1. The molecule has 0 saturated carbocycles. The van der Waals surface area contributed by atoms with Gasteiger partial charge in [0.25, 0.3) is 0 Å². The summed E-state index contributed by atoms with van der Waals surface area (Å²) in [5.41, 5.74) is 7.68. The molecule has 0 radical (unpaired) electrons. The summed E-state index contributed by atoms with van der Waals surface area (Å²) in [6, 6.07) is 8.22. The van der Waals surface area contributed by atoms with E-state index in [1.807, 2.05) is 19.2 Å². The number of nitrogens with zero attached hydrogens (tertiary/aromatic N) is 1. The highest BCUT2D eigenvalue weighted by Gasteiger charge is 2.10. The summed E-state index contributed by atoms with van der Waals surface area (Å²) < 4.78 is 0. The lowest BCUT2D eigenvalue weighted by atomic mass is 10.0. The average molecular weight is 248 g/mol. The van der Waals surface area contributed by atoms with E-state index in [-0.39, 0.29) is 5.91 Å². The lowest BCUT2D eigenvalue weighted by Gasteiger charge is -2.17. The van der Waals surface area contributed by atoms with Gasteiger partial charge in [-0.25, -0.2) is 0 Å². The molecular formula is C15H24N2O. The number of anilines is 1. The van der Waals surface area contributed by atoms with E-state index in [4.69, 9.17) is 5.73 Å². The normalized spacial score (nSPS) is 10.7. The molecule has 0 saturated heterocycles. The zero-order chi connectivity index (χ0) is 13.5. The third-order valence-corrected chi connectivity index (χ3v) is 2.94. The minimum atomic E-state index is 0.122. The summed E-state index contributed by atoms with van der Waals surface area (Å²) in [5, 5.41) is 0. The van der Waals surface area contributed by atoms with Gasteiger partial charge in [-0.3, -0.25) is 4.79 Å². The molecule has 100 valence electrons. The first-order valence-corrected chi connectivity index (χ1v) is 6.60. The van der Waals surface area contributed by atoms with Gasteiger partial charge in [-0.15, -0.1) is 0 Å². The summed E-state index contributed by atoms with van der Waals surface area (Å²) >= 11 is 0. The monoisotopic (exact) mass is 248 g/mol. The van der Waals surface area contributed by atoms with Crippen LogP contribution >= 0.6 is 0 Å². The van der Waals surface area contributed by atoms with Crippen molar-refractivity contribution in [1.29, 1.82) is 0 Å². The van der Waals surface area contributed by atoms with Crippen molar-refractivity contribution >= 4 is 11.6 Å². The second kappa shape index (κ2) is 7.17. The molecule has 0 bridgehead atoms. The molecule has 0 fully saturated rings. The molecule has 1 rings (SSSR count). The van der Waals surface area contributed by atoms with Crippen molar-refractivity contribution in [3.63, 3.8) is 0 Å². The predicted molar refractivity (Wildman–Crippen MR) is 76.7 cm³/mol. The van der Waals surface area contributed by atoms with E-state index in [1.165, 1.54) is 5.56 Å². The van der Waals surface area contributed by atoms with Gasteiger partial charge in [0.2, 0.25) is 5.91 Å². The SMILES string of the molecule is CC(C)Cc1ccc(N(C)C(=O)CCCN)cc1. The van der Waals surface area contributed by atoms with E-state index >= 15 is 0 Å². The van der Waals surface area contributed by atoms with Crippen molar-refractivity contribution in [2.75, 3.05) is 18.5 Å². The molecule has 18 heavy (non-hydrogen) atoms. The average Bonchev–Trinajstić information content (AvgIpc) is 2.35. The Morgan fingerprint density at radius 1 is 1.28 bits per heavy atom. The second-order valence-electron chi connectivity index (χ2n) is 5.11. The summed E-state index contributed by atoms with van der Waals surface area (Å²) in [4.78, 5) is 13.5. The lowest BCUT2D eigenvalue weighted by Crippen LogP contribution is -2.26. The molecule has 0 heterocycles. The molecule has 0 unspecified atom stereocenters. The highest BCUT2D eigenvalue weighted by Crippen LogP contribution is 2.17. The highest BCUT2D eigenvalue weighted by atomic mass is 16.2. The second-order valence-corrected chi connectivity index (χ2v) is 5.11. The van der Waals surface area contributed by atoms with Crippen molar-refractivity contribution in [3.8, 4) is 0 Å². The van der Waals surface area contributed by atoms with E-state index in [0.29, 0.717) is 18.9 Å². The third-order valence-electron chi connectivity index (χ3n) is 2.94. The van der Waals surface area contributed by atoms with Crippen LogP contribution < -0.4 is 10.6 Å². The highest BCUT2D eigenvalue weighted by molar-refractivity contribution is 5.92. The number of rotatable bonds is 6. The van der Waals surface area contributed by atoms with Crippen LogP contribution in [0.15, 0.2) is 24.3 Å². The summed E-state index contributed by atoms with van der Waals surface area (Å²) in [5.74, 6) is 0.775. The van der Waals surface area contributed by atoms with Crippen LogP contribution in [0.2, 0.25) is 0 Å². The van der Waals surface area contributed by atoms with Gasteiger partial charge in [-0.2, -0.15) is 0 Å². The smallest absolute Gasteiger partial charge is 0.226 e. The predicted octanol–water partition coefficient (Wildman–Crippen LogP) is 2.59. The van der Waals surface area contributed by atoms with Gasteiger partial charge in [0.05, 0.1) is 0 Å². The molecule has 2 N–H and O–H groups in total. The van der Waals surface area contributed by atoms with E-state index in [1.54, 1.807) is 4.90 Å². The number of carbonyl (C=O) groups is 1. The fraction of sp³-hybridized carbons (Fsp3) is 0.533. The Morgan fingerprint density at radius 2 is 1.89 bits per heavy atom. The van der Waals surface area contributed by atoms with Gasteiger partial charge < -0.3 is 10.6 Å². The standard InChI is InChI=1S/C15H24N2O/c1-12(2)11-13-6-8-14(9-7-13)17(3)15(18)5-4-10-16/h6-9,12H,4-5,10-11,16H2,1-3H3. The van der Waals surface area contributed by atoms with E-state index in [9.17, 15) is 4.79 Å². The zero-order valence-electron chi connectivity index (χ0n) is 11.6. The summed E-state index contributed by atoms with van der Waals surface area (Å²) in [6.45, 7) is 4.97. The van der Waals surface area contributed by atoms with Gasteiger partial charge in [-0.1, -0.05) is 26.0 Å². The van der Waals surface area contributed by atoms with Crippen molar-refractivity contribution in [3.05, 3.63) is 29.8 Å². The van der Waals surface area contributed by atoms with Crippen LogP contribution in [0.3, 0.4) is 0 Å². The van der Waals surface area contributed by atoms with Crippen molar-refractivity contribution in [1.82, 2.24) is 0 Å². The van der Waals surface area contributed by atoms with Crippen LogP contribution in [0.1, 0.15) is 32.3 Å². The van der Waals surface area contributed by atoms with E-state index < -0.39 is 0 Å². The zero-order valence-corrected chi connectivity index (χ0v) is 11.6. The summed E-state index contributed by atoms with van der Waals surface area (Å²) in [7, 11) is 1.82. The number of carbonyl (C=O) groups excluding carboxylic acids is 1. The van der Waals surface area contributed by atoms with Crippen molar-refractivity contribution in [2.45, 2.75) is 33.1 Å². The van der Waals surface area contributed by atoms with Crippen LogP contribution in [-0.2, 0) is 11.2 Å². The molecule has 0 aromatic heterocycles. The molecule has 0 aliphatic rings. The largest absolute Gasteiger partial charge is 0.330 e. The molecule has 0 atom stereocenters. The number of amides is 1. The number of hydrogen-bond acceptors (Lipinski definition) is 2. The maximum atomic E-state index is 11.8. The summed E-state index contributed by atoms with van der Waals surface area (Å²) in [6.07, 6.45) is 2.33. The molecule has 1 aromatic carbocycles. The first kappa shape index (κ1) is 14.7. The van der Waals surface area contributed by atoms with Gasteiger partial charge in [0.15, 0.2) is 0 Å². The molecule has 1 amide bonds. The van der Waals surface area contributed by atoms with E-state index in [0.717, 1.165) is 18.5 Å². The molecule has 3 nitrogen and oxygen atoms in total. The molecule has 1 aromatic rings. The Labute approximate surface area is 110 Å². The fourth-order valence-corrected chi connectivity index (χ4v) is 1.89. The first-order valence-electron chi connectivity index (χ1n) is 6.60. The van der Waals surface area contributed by atoms with Crippen LogP contribution in [0.5, 0.6) is 0 Å².